The number of rotatable bonds is 5. The third-order valence-electron chi connectivity index (χ3n) is 3.69. The summed E-state index contributed by atoms with van der Waals surface area (Å²) >= 11 is 0. The molecule has 1 aromatic carbocycles. The van der Waals surface area contributed by atoms with Gasteiger partial charge in [-0.3, -0.25) is 4.79 Å². The van der Waals surface area contributed by atoms with Crippen LogP contribution >= 0.6 is 0 Å². The third-order valence-corrected chi connectivity index (χ3v) is 3.69. The largest absolute Gasteiger partial charge is 0.478 e. The second-order valence-electron chi connectivity index (χ2n) is 5.03. The van der Waals surface area contributed by atoms with E-state index >= 15 is 0 Å². The first kappa shape index (κ1) is 14.5. The van der Waals surface area contributed by atoms with E-state index in [1.54, 1.807) is 30.2 Å². The average molecular weight is 277 g/mol. The molecule has 0 saturated carbocycles. The van der Waals surface area contributed by atoms with Crippen LogP contribution in [0.4, 0.5) is 5.69 Å². The minimum atomic E-state index is -0.938. The maximum absolute atomic E-state index is 12.2. The summed E-state index contributed by atoms with van der Waals surface area (Å²) in [6.45, 7) is 2.56. The summed E-state index contributed by atoms with van der Waals surface area (Å²) in [4.78, 5) is 24.9. The molecule has 1 N–H and O–H groups in total. The molecule has 0 radical (unpaired) electrons. The normalized spacial score (nSPS) is 15.0. The summed E-state index contributed by atoms with van der Waals surface area (Å²) in [5.41, 5.74) is 2.04. The molecule has 0 saturated heterocycles. The van der Waals surface area contributed by atoms with Crippen LogP contribution in [0.15, 0.2) is 18.2 Å². The van der Waals surface area contributed by atoms with Crippen LogP contribution in [0.3, 0.4) is 0 Å². The van der Waals surface area contributed by atoms with Crippen molar-refractivity contribution in [2.24, 2.45) is 0 Å². The number of ether oxygens (including phenoxy) is 1. The van der Waals surface area contributed by atoms with E-state index in [1.165, 1.54) is 0 Å². The summed E-state index contributed by atoms with van der Waals surface area (Å²) in [7, 11) is 1.63. The number of amides is 1. The van der Waals surface area contributed by atoms with Crippen molar-refractivity contribution in [2.75, 3.05) is 18.6 Å². The number of nitrogens with zero attached hydrogens (tertiary/aromatic N) is 1. The fraction of sp³-hybridized carbons (Fsp3) is 0.467. The van der Waals surface area contributed by atoms with Crippen LogP contribution in [-0.2, 0) is 16.0 Å². The standard InChI is InChI=1S/C15H19NO4/c1-10(20-2)3-6-14(17)16-8-7-11-9-12(15(18)19)4-5-13(11)16/h4-5,9-10H,3,6-8H2,1-2H3,(H,18,19). The summed E-state index contributed by atoms with van der Waals surface area (Å²) < 4.78 is 5.14. The van der Waals surface area contributed by atoms with Crippen LogP contribution < -0.4 is 4.90 Å². The topological polar surface area (TPSA) is 66.8 Å². The van der Waals surface area contributed by atoms with Crippen molar-refractivity contribution in [3.05, 3.63) is 29.3 Å². The average Bonchev–Trinajstić information content (AvgIpc) is 2.87. The first-order chi connectivity index (χ1) is 9.52. The van der Waals surface area contributed by atoms with Gasteiger partial charge in [0.1, 0.15) is 0 Å². The Morgan fingerprint density at radius 3 is 2.85 bits per heavy atom. The summed E-state index contributed by atoms with van der Waals surface area (Å²) in [6, 6.07) is 4.93. The Morgan fingerprint density at radius 1 is 1.45 bits per heavy atom. The van der Waals surface area contributed by atoms with Gasteiger partial charge in [-0.05, 0) is 43.5 Å². The van der Waals surface area contributed by atoms with Crippen molar-refractivity contribution in [3.8, 4) is 0 Å². The second-order valence-corrected chi connectivity index (χ2v) is 5.03. The van der Waals surface area contributed by atoms with Gasteiger partial charge >= 0.3 is 5.97 Å². The van der Waals surface area contributed by atoms with E-state index in [4.69, 9.17) is 9.84 Å². The minimum Gasteiger partial charge on any atom is -0.478 e. The molecule has 0 aromatic heterocycles. The van der Waals surface area contributed by atoms with Gasteiger partial charge in [0, 0.05) is 25.8 Å². The lowest BCUT2D eigenvalue weighted by Crippen LogP contribution is -2.29. The van der Waals surface area contributed by atoms with Gasteiger partial charge in [0.05, 0.1) is 11.7 Å². The van der Waals surface area contributed by atoms with E-state index in [0.717, 1.165) is 11.3 Å². The van der Waals surface area contributed by atoms with E-state index in [0.29, 0.717) is 25.8 Å². The molecule has 5 heteroatoms. The lowest BCUT2D eigenvalue weighted by atomic mass is 10.1. The van der Waals surface area contributed by atoms with E-state index in [-0.39, 0.29) is 17.6 Å². The minimum absolute atomic E-state index is 0.0652. The van der Waals surface area contributed by atoms with Crippen molar-refractivity contribution in [1.82, 2.24) is 0 Å². The Morgan fingerprint density at radius 2 is 2.20 bits per heavy atom. The first-order valence-corrected chi connectivity index (χ1v) is 6.72. The molecule has 1 aromatic rings. The van der Waals surface area contributed by atoms with Crippen LogP contribution in [0.5, 0.6) is 0 Å². The fourth-order valence-electron chi connectivity index (χ4n) is 2.37. The molecule has 1 atom stereocenters. The van der Waals surface area contributed by atoms with Crippen LogP contribution in [0.1, 0.15) is 35.7 Å². The highest BCUT2D eigenvalue weighted by atomic mass is 16.5. The molecule has 1 aliphatic rings. The maximum Gasteiger partial charge on any atom is 0.335 e. The zero-order valence-corrected chi connectivity index (χ0v) is 11.8. The number of fused-ring (bicyclic) bond motifs is 1. The highest BCUT2D eigenvalue weighted by Gasteiger charge is 2.25. The molecule has 0 aliphatic carbocycles. The van der Waals surface area contributed by atoms with Crippen molar-refractivity contribution in [1.29, 1.82) is 0 Å². The van der Waals surface area contributed by atoms with E-state index < -0.39 is 5.97 Å². The Labute approximate surface area is 118 Å². The van der Waals surface area contributed by atoms with E-state index in [2.05, 4.69) is 0 Å². The predicted octanol–water partition coefficient (Wildman–Crippen LogP) is 2.09. The molecule has 1 heterocycles. The smallest absolute Gasteiger partial charge is 0.335 e. The zero-order valence-electron chi connectivity index (χ0n) is 11.8. The number of hydrogen-bond acceptors (Lipinski definition) is 3. The van der Waals surface area contributed by atoms with E-state index in [1.807, 2.05) is 6.92 Å². The monoisotopic (exact) mass is 277 g/mol. The van der Waals surface area contributed by atoms with Crippen molar-refractivity contribution < 1.29 is 19.4 Å². The molecule has 0 bridgehead atoms. The van der Waals surface area contributed by atoms with E-state index in [9.17, 15) is 9.59 Å². The first-order valence-electron chi connectivity index (χ1n) is 6.72. The number of carboxylic acid groups (broad SMARTS) is 1. The Balaban J connectivity index is 2.08. The fourth-order valence-corrected chi connectivity index (χ4v) is 2.37. The van der Waals surface area contributed by atoms with Crippen LogP contribution in [0, 0.1) is 0 Å². The molecule has 1 unspecified atom stereocenters. The molecule has 1 aliphatic heterocycles. The summed E-state index contributed by atoms with van der Waals surface area (Å²) in [6.07, 6.45) is 1.90. The molecule has 108 valence electrons. The highest BCUT2D eigenvalue weighted by molar-refractivity contribution is 5.96. The van der Waals surface area contributed by atoms with Gasteiger partial charge < -0.3 is 14.7 Å². The molecule has 0 fully saturated rings. The van der Waals surface area contributed by atoms with Crippen LogP contribution in [-0.4, -0.2) is 36.7 Å². The number of carboxylic acids is 1. The lowest BCUT2D eigenvalue weighted by molar-refractivity contribution is -0.119. The number of methoxy groups -OCH3 is 1. The third kappa shape index (κ3) is 2.99. The molecular formula is C15H19NO4. The lowest BCUT2D eigenvalue weighted by Gasteiger charge is -2.18. The van der Waals surface area contributed by atoms with Gasteiger partial charge in [-0.2, -0.15) is 0 Å². The number of carbonyl (C=O) groups is 2. The number of anilines is 1. The second kappa shape index (κ2) is 6.05. The van der Waals surface area contributed by atoms with Gasteiger partial charge in [-0.25, -0.2) is 4.79 Å². The van der Waals surface area contributed by atoms with Crippen molar-refractivity contribution in [3.63, 3.8) is 0 Å². The number of benzene rings is 1. The molecular weight excluding hydrogens is 258 g/mol. The number of carbonyl (C=O) groups excluding carboxylic acids is 1. The number of aromatic carboxylic acids is 1. The predicted molar refractivity (Wildman–Crippen MR) is 75.2 cm³/mol. The van der Waals surface area contributed by atoms with Gasteiger partial charge in [0.15, 0.2) is 0 Å². The zero-order chi connectivity index (χ0) is 14.7. The summed E-state index contributed by atoms with van der Waals surface area (Å²) in [5.74, 6) is -0.873. The molecule has 5 nitrogen and oxygen atoms in total. The summed E-state index contributed by atoms with van der Waals surface area (Å²) in [5, 5.41) is 8.97. The highest BCUT2D eigenvalue weighted by Crippen LogP contribution is 2.29. The Kier molecular flexibility index (Phi) is 4.39. The molecule has 0 spiro atoms. The van der Waals surface area contributed by atoms with Crippen molar-refractivity contribution >= 4 is 17.6 Å². The van der Waals surface area contributed by atoms with Gasteiger partial charge in [0.2, 0.25) is 5.91 Å². The van der Waals surface area contributed by atoms with Gasteiger partial charge in [0.25, 0.3) is 0 Å². The molecule has 20 heavy (non-hydrogen) atoms. The number of hydrogen-bond donors (Lipinski definition) is 1. The molecule has 2 rings (SSSR count). The van der Waals surface area contributed by atoms with Crippen LogP contribution in [0.2, 0.25) is 0 Å². The maximum atomic E-state index is 12.2. The van der Waals surface area contributed by atoms with Crippen LogP contribution in [0.25, 0.3) is 0 Å². The Bertz CT molecular complexity index is 527. The Hall–Kier alpha value is -1.88. The quantitative estimate of drug-likeness (QED) is 0.895. The van der Waals surface area contributed by atoms with Gasteiger partial charge in [-0.1, -0.05) is 0 Å². The molecule has 1 amide bonds. The van der Waals surface area contributed by atoms with Gasteiger partial charge in [-0.15, -0.1) is 0 Å². The van der Waals surface area contributed by atoms with Crippen molar-refractivity contribution in [2.45, 2.75) is 32.3 Å². The SMILES string of the molecule is COC(C)CCC(=O)N1CCc2cc(C(=O)O)ccc21.